The molecule has 0 aliphatic carbocycles. The summed E-state index contributed by atoms with van der Waals surface area (Å²) in [5.41, 5.74) is 1.70. The van der Waals surface area contributed by atoms with Crippen molar-refractivity contribution < 1.29 is 4.74 Å². The van der Waals surface area contributed by atoms with Gasteiger partial charge < -0.3 is 9.30 Å². The van der Waals surface area contributed by atoms with Crippen LogP contribution in [-0.2, 0) is 7.05 Å². The largest absolute Gasteiger partial charge is 0.496 e. The first-order chi connectivity index (χ1) is 6.49. The predicted molar refractivity (Wildman–Crippen MR) is 57.1 cm³/mol. The van der Waals surface area contributed by atoms with Gasteiger partial charge in [0.2, 0.25) is 0 Å². The fraction of sp³-hybridized carbons (Fsp3) is 0.545. The summed E-state index contributed by atoms with van der Waals surface area (Å²) in [6.07, 6.45) is 0. The summed E-state index contributed by atoms with van der Waals surface area (Å²) in [7, 11) is 3.38. The zero-order chi connectivity index (χ0) is 10.9. The smallest absolute Gasteiger partial charge is 0.257 e. The quantitative estimate of drug-likeness (QED) is 0.721. The molecule has 3 nitrogen and oxygen atoms in total. The van der Waals surface area contributed by atoms with E-state index in [0.717, 1.165) is 11.3 Å². The average Bonchev–Trinajstić information content (AvgIpc) is 2.12. The molecule has 1 rings (SSSR count). The Morgan fingerprint density at radius 1 is 1.43 bits per heavy atom. The van der Waals surface area contributed by atoms with Crippen LogP contribution in [0.2, 0.25) is 0 Å². The fourth-order valence-corrected chi connectivity index (χ4v) is 1.51. The number of aromatic nitrogens is 1. The summed E-state index contributed by atoms with van der Waals surface area (Å²) < 4.78 is 6.86. The molecular weight excluding hydrogens is 178 g/mol. The first kappa shape index (κ1) is 10.8. The van der Waals surface area contributed by atoms with Crippen LogP contribution in [0.5, 0.6) is 5.75 Å². The highest BCUT2D eigenvalue weighted by Crippen LogP contribution is 2.23. The van der Waals surface area contributed by atoms with Gasteiger partial charge in [-0.05, 0) is 18.9 Å². The summed E-state index contributed by atoms with van der Waals surface area (Å²) in [5.74, 6) is 0.879. The topological polar surface area (TPSA) is 31.2 Å². The zero-order valence-electron chi connectivity index (χ0n) is 9.42. The predicted octanol–water partition coefficient (Wildman–Crippen LogP) is 1.83. The second-order valence-electron chi connectivity index (χ2n) is 3.79. The van der Waals surface area contributed by atoms with Gasteiger partial charge in [-0.3, -0.25) is 4.79 Å². The maximum Gasteiger partial charge on any atom is 0.257 e. The van der Waals surface area contributed by atoms with Gasteiger partial charge in [0.15, 0.2) is 0 Å². The molecule has 1 heterocycles. The number of hydrogen-bond donors (Lipinski definition) is 0. The van der Waals surface area contributed by atoms with Crippen LogP contribution < -0.4 is 10.3 Å². The third kappa shape index (κ3) is 1.67. The monoisotopic (exact) mass is 195 g/mol. The molecular formula is C11H17NO2. The van der Waals surface area contributed by atoms with Crippen molar-refractivity contribution in [1.29, 1.82) is 0 Å². The van der Waals surface area contributed by atoms with Crippen LogP contribution >= 0.6 is 0 Å². The molecule has 78 valence electrons. The maximum atomic E-state index is 11.9. The number of methoxy groups -OCH3 is 1. The van der Waals surface area contributed by atoms with E-state index in [9.17, 15) is 4.79 Å². The molecule has 0 bridgehead atoms. The van der Waals surface area contributed by atoms with Gasteiger partial charge in [0.1, 0.15) is 5.75 Å². The van der Waals surface area contributed by atoms with Crippen molar-refractivity contribution in [2.45, 2.75) is 26.7 Å². The van der Waals surface area contributed by atoms with Gasteiger partial charge >= 0.3 is 0 Å². The molecule has 0 fully saturated rings. The Bertz CT molecular complexity index is 391. The number of hydrogen-bond acceptors (Lipinski definition) is 2. The van der Waals surface area contributed by atoms with E-state index in [2.05, 4.69) is 0 Å². The molecule has 0 aliphatic heterocycles. The lowest BCUT2D eigenvalue weighted by molar-refractivity contribution is 0.403. The lowest BCUT2D eigenvalue weighted by Crippen LogP contribution is -2.24. The number of pyridine rings is 1. The molecule has 0 aliphatic rings. The van der Waals surface area contributed by atoms with E-state index in [1.54, 1.807) is 18.7 Å². The standard InChI is InChI=1S/C11H17NO2/c1-7(2)10-9(14-5)6-8(3)12(4)11(10)13/h6-7H,1-5H3. The molecule has 14 heavy (non-hydrogen) atoms. The summed E-state index contributed by atoms with van der Waals surface area (Å²) >= 11 is 0. The van der Waals surface area contributed by atoms with Crippen molar-refractivity contribution in [3.8, 4) is 5.75 Å². The minimum atomic E-state index is 0.0388. The van der Waals surface area contributed by atoms with Gasteiger partial charge in [-0.25, -0.2) is 0 Å². The van der Waals surface area contributed by atoms with Gasteiger partial charge in [-0.1, -0.05) is 13.8 Å². The van der Waals surface area contributed by atoms with Crippen molar-refractivity contribution in [3.63, 3.8) is 0 Å². The molecule has 0 spiro atoms. The Labute approximate surface area is 84.3 Å². The molecule has 0 saturated carbocycles. The van der Waals surface area contributed by atoms with Gasteiger partial charge in [0, 0.05) is 12.7 Å². The summed E-state index contributed by atoms with van der Waals surface area (Å²) in [6, 6.07) is 1.90. The van der Waals surface area contributed by atoms with Gasteiger partial charge in [0.05, 0.1) is 12.7 Å². The van der Waals surface area contributed by atoms with Crippen LogP contribution in [0, 0.1) is 6.92 Å². The maximum absolute atomic E-state index is 11.9. The first-order valence-corrected chi connectivity index (χ1v) is 4.73. The van der Waals surface area contributed by atoms with Crippen molar-refractivity contribution in [2.24, 2.45) is 7.05 Å². The highest BCUT2D eigenvalue weighted by Gasteiger charge is 2.14. The number of aryl methyl sites for hydroxylation is 1. The second kappa shape index (κ2) is 3.86. The van der Waals surface area contributed by atoms with Gasteiger partial charge in [-0.15, -0.1) is 0 Å². The minimum Gasteiger partial charge on any atom is -0.496 e. The van der Waals surface area contributed by atoms with Crippen LogP contribution in [-0.4, -0.2) is 11.7 Å². The molecule has 1 aromatic heterocycles. The molecule has 0 saturated heterocycles. The van der Waals surface area contributed by atoms with E-state index in [4.69, 9.17) is 4.74 Å². The number of ether oxygens (including phenoxy) is 1. The molecule has 0 aromatic carbocycles. The van der Waals surface area contributed by atoms with Crippen LogP contribution in [0.1, 0.15) is 31.0 Å². The Kier molecular flexibility index (Phi) is 2.99. The first-order valence-electron chi connectivity index (χ1n) is 4.73. The second-order valence-corrected chi connectivity index (χ2v) is 3.79. The van der Waals surface area contributed by atoms with Crippen LogP contribution in [0.25, 0.3) is 0 Å². The SMILES string of the molecule is COc1cc(C)n(C)c(=O)c1C(C)C. The third-order valence-corrected chi connectivity index (χ3v) is 2.47. The fourth-order valence-electron chi connectivity index (χ4n) is 1.51. The number of rotatable bonds is 2. The molecule has 0 amide bonds. The van der Waals surface area contributed by atoms with Crippen LogP contribution in [0.3, 0.4) is 0 Å². The third-order valence-electron chi connectivity index (χ3n) is 2.47. The van der Waals surface area contributed by atoms with Crippen molar-refractivity contribution in [1.82, 2.24) is 4.57 Å². The lowest BCUT2D eigenvalue weighted by Gasteiger charge is -2.14. The summed E-state index contributed by atoms with van der Waals surface area (Å²) in [6.45, 7) is 5.89. The van der Waals surface area contributed by atoms with E-state index in [1.807, 2.05) is 26.8 Å². The molecule has 3 heteroatoms. The Morgan fingerprint density at radius 3 is 2.43 bits per heavy atom. The highest BCUT2D eigenvalue weighted by atomic mass is 16.5. The molecule has 0 radical (unpaired) electrons. The minimum absolute atomic E-state index is 0.0388. The number of nitrogens with zero attached hydrogens (tertiary/aromatic N) is 1. The van der Waals surface area contributed by atoms with Crippen molar-refractivity contribution in [2.75, 3.05) is 7.11 Å². The van der Waals surface area contributed by atoms with E-state index < -0.39 is 0 Å². The van der Waals surface area contributed by atoms with E-state index in [-0.39, 0.29) is 11.5 Å². The molecule has 1 aromatic rings. The van der Waals surface area contributed by atoms with Crippen LogP contribution in [0.15, 0.2) is 10.9 Å². The Morgan fingerprint density at radius 2 is 2.00 bits per heavy atom. The molecule has 0 atom stereocenters. The summed E-state index contributed by atoms with van der Waals surface area (Å²) in [5, 5.41) is 0. The molecule has 0 unspecified atom stereocenters. The van der Waals surface area contributed by atoms with Crippen LogP contribution in [0.4, 0.5) is 0 Å². The summed E-state index contributed by atoms with van der Waals surface area (Å²) in [4.78, 5) is 11.9. The Hall–Kier alpha value is -1.25. The molecule has 0 N–H and O–H groups in total. The van der Waals surface area contributed by atoms with E-state index >= 15 is 0 Å². The van der Waals surface area contributed by atoms with Crippen molar-refractivity contribution in [3.05, 3.63) is 27.7 Å². The van der Waals surface area contributed by atoms with E-state index in [1.165, 1.54) is 0 Å². The van der Waals surface area contributed by atoms with Crippen molar-refractivity contribution >= 4 is 0 Å². The highest BCUT2D eigenvalue weighted by molar-refractivity contribution is 5.35. The van der Waals surface area contributed by atoms with Gasteiger partial charge in [0.25, 0.3) is 5.56 Å². The van der Waals surface area contributed by atoms with E-state index in [0.29, 0.717) is 5.75 Å². The lowest BCUT2D eigenvalue weighted by atomic mass is 10.0. The Balaban J connectivity index is 3.53. The average molecular weight is 195 g/mol. The zero-order valence-corrected chi connectivity index (χ0v) is 9.42. The normalized spacial score (nSPS) is 10.7. The van der Waals surface area contributed by atoms with Gasteiger partial charge in [-0.2, -0.15) is 0 Å².